The topological polar surface area (TPSA) is 43.4 Å². The van der Waals surface area contributed by atoms with Gasteiger partial charge in [0, 0.05) is 10.7 Å². The highest BCUT2D eigenvalue weighted by Crippen LogP contribution is 2.23. The van der Waals surface area contributed by atoms with Crippen molar-refractivity contribution in [1.82, 2.24) is 0 Å². The Kier molecular flexibility index (Phi) is 4.60. The molecule has 0 saturated carbocycles. The average Bonchev–Trinajstić information content (AvgIpc) is 2.14. The molecule has 0 amide bonds. The predicted octanol–water partition coefficient (Wildman–Crippen LogP) is 3.27. The number of benzene rings is 1. The number of allylic oxidation sites excluding steroid dienone is 1. The summed E-state index contributed by atoms with van der Waals surface area (Å²) in [4.78, 5) is 0.119. The molecule has 1 aromatic carbocycles. The highest BCUT2D eigenvalue weighted by molar-refractivity contribution is 8.13. The molecule has 0 aliphatic rings. The van der Waals surface area contributed by atoms with Crippen molar-refractivity contribution in [3.8, 4) is 5.75 Å². The Labute approximate surface area is 106 Å². The first-order chi connectivity index (χ1) is 7.80. The fourth-order valence-electron chi connectivity index (χ4n) is 1.29. The summed E-state index contributed by atoms with van der Waals surface area (Å²) in [6, 6.07) is 4.71. The van der Waals surface area contributed by atoms with E-state index in [-0.39, 0.29) is 4.90 Å². The summed E-state index contributed by atoms with van der Waals surface area (Å²) in [6.07, 6.45) is 1.95. The molecule has 0 N–H and O–H groups in total. The van der Waals surface area contributed by atoms with Gasteiger partial charge in [-0.3, -0.25) is 0 Å². The van der Waals surface area contributed by atoms with Gasteiger partial charge in [-0.1, -0.05) is 5.57 Å². The Hall–Kier alpha value is -1.00. The highest BCUT2D eigenvalue weighted by atomic mass is 35.7. The lowest BCUT2D eigenvalue weighted by molar-refractivity contribution is 0.361. The summed E-state index contributed by atoms with van der Waals surface area (Å²) < 4.78 is 27.8. The molecule has 0 aromatic heterocycles. The van der Waals surface area contributed by atoms with Gasteiger partial charge in [-0.2, -0.15) is 0 Å². The summed E-state index contributed by atoms with van der Waals surface area (Å²) in [5.41, 5.74) is 1.75. The van der Waals surface area contributed by atoms with Gasteiger partial charge in [0.15, 0.2) is 0 Å². The molecule has 0 spiro atoms. The van der Waals surface area contributed by atoms with Gasteiger partial charge < -0.3 is 4.74 Å². The second kappa shape index (κ2) is 5.56. The number of aryl methyl sites for hydroxylation is 1. The van der Waals surface area contributed by atoms with Crippen LogP contribution in [0.5, 0.6) is 5.75 Å². The van der Waals surface area contributed by atoms with Gasteiger partial charge >= 0.3 is 0 Å². The maximum Gasteiger partial charge on any atom is 0.261 e. The quantitative estimate of drug-likeness (QED) is 0.625. The SMILES string of the molecule is CC(C)=CCOc1ccc(S(=O)(=O)Cl)c(C)c1. The number of rotatable bonds is 4. The fourth-order valence-corrected chi connectivity index (χ4v) is 2.48. The second-order valence-corrected chi connectivity index (χ2v) is 6.49. The van der Waals surface area contributed by atoms with E-state index in [2.05, 4.69) is 0 Å². The van der Waals surface area contributed by atoms with E-state index in [0.29, 0.717) is 17.9 Å². The lowest BCUT2D eigenvalue weighted by Crippen LogP contribution is -1.98. The van der Waals surface area contributed by atoms with Crippen molar-refractivity contribution < 1.29 is 13.2 Å². The van der Waals surface area contributed by atoms with Crippen LogP contribution >= 0.6 is 10.7 Å². The standard InChI is InChI=1S/C12H15ClO3S/c1-9(2)6-7-16-11-4-5-12(10(3)8-11)17(13,14)15/h4-6,8H,7H2,1-3H3. The lowest BCUT2D eigenvalue weighted by atomic mass is 10.2. The highest BCUT2D eigenvalue weighted by Gasteiger charge is 2.13. The van der Waals surface area contributed by atoms with Gasteiger partial charge in [0.05, 0.1) is 4.90 Å². The summed E-state index contributed by atoms with van der Waals surface area (Å²) >= 11 is 0. The first-order valence-electron chi connectivity index (χ1n) is 5.12. The molecule has 94 valence electrons. The van der Waals surface area contributed by atoms with Gasteiger partial charge in [0.1, 0.15) is 12.4 Å². The van der Waals surface area contributed by atoms with Crippen LogP contribution in [-0.4, -0.2) is 15.0 Å². The second-order valence-electron chi connectivity index (χ2n) is 3.96. The van der Waals surface area contributed by atoms with E-state index in [4.69, 9.17) is 15.4 Å². The van der Waals surface area contributed by atoms with Gasteiger partial charge in [-0.05, 0) is 50.6 Å². The summed E-state index contributed by atoms with van der Waals surface area (Å²) in [5, 5.41) is 0. The third kappa shape index (κ3) is 4.40. The molecule has 0 heterocycles. The van der Waals surface area contributed by atoms with E-state index in [9.17, 15) is 8.42 Å². The molecule has 0 aliphatic heterocycles. The lowest BCUT2D eigenvalue weighted by Gasteiger charge is -2.07. The summed E-state index contributed by atoms with van der Waals surface area (Å²) in [7, 11) is 1.60. The van der Waals surface area contributed by atoms with Crippen molar-refractivity contribution in [2.24, 2.45) is 0 Å². The molecular formula is C12H15ClO3S. The number of hydrogen-bond donors (Lipinski definition) is 0. The van der Waals surface area contributed by atoms with E-state index in [0.717, 1.165) is 0 Å². The molecule has 5 heteroatoms. The van der Waals surface area contributed by atoms with Crippen molar-refractivity contribution in [3.63, 3.8) is 0 Å². The van der Waals surface area contributed by atoms with Crippen molar-refractivity contribution in [3.05, 3.63) is 35.4 Å². The zero-order valence-electron chi connectivity index (χ0n) is 10.0. The Morgan fingerprint density at radius 2 is 2.06 bits per heavy atom. The molecule has 0 aliphatic carbocycles. The minimum atomic E-state index is -3.68. The van der Waals surface area contributed by atoms with Crippen molar-refractivity contribution in [2.75, 3.05) is 6.61 Å². The molecule has 0 fully saturated rings. The zero-order chi connectivity index (χ0) is 13.1. The van der Waals surface area contributed by atoms with Crippen LogP contribution in [0.15, 0.2) is 34.7 Å². The van der Waals surface area contributed by atoms with Crippen molar-refractivity contribution >= 4 is 19.7 Å². The van der Waals surface area contributed by atoms with E-state index >= 15 is 0 Å². The van der Waals surface area contributed by atoms with Gasteiger partial charge in [0.25, 0.3) is 9.05 Å². The minimum absolute atomic E-state index is 0.119. The molecule has 0 bridgehead atoms. The molecular weight excluding hydrogens is 260 g/mol. The predicted molar refractivity (Wildman–Crippen MR) is 69.1 cm³/mol. The van der Waals surface area contributed by atoms with Crippen molar-refractivity contribution in [2.45, 2.75) is 25.7 Å². The molecule has 0 radical (unpaired) electrons. The first-order valence-corrected chi connectivity index (χ1v) is 7.43. The fraction of sp³-hybridized carbons (Fsp3) is 0.333. The van der Waals surface area contributed by atoms with Crippen LogP contribution < -0.4 is 4.74 Å². The minimum Gasteiger partial charge on any atom is -0.490 e. The Morgan fingerprint density at radius 1 is 1.41 bits per heavy atom. The number of halogens is 1. The first kappa shape index (κ1) is 14.1. The maximum atomic E-state index is 11.2. The molecule has 1 aromatic rings. The largest absolute Gasteiger partial charge is 0.490 e. The molecule has 0 unspecified atom stereocenters. The van der Waals surface area contributed by atoms with Crippen LogP contribution in [0, 0.1) is 6.92 Å². The Morgan fingerprint density at radius 3 is 2.53 bits per heavy atom. The maximum absolute atomic E-state index is 11.2. The third-order valence-electron chi connectivity index (χ3n) is 2.15. The van der Waals surface area contributed by atoms with Crippen LogP contribution in [0.1, 0.15) is 19.4 Å². The van der Waals surface area contributed by atoms with Crippen LogP contribution in [0.4, 0.5) is 0 Å². The van der Waals surface area contributed by atoms with E-state index in [1.807, 2.05) is 19.9 Å². The van der Waals surface area contributed by atoms with Crippen molar-refractivity contribution in [1.29, 1.82) is 0 Å². The van der Waals surface area contributed by atoms with Gasteiger partial charge in [-0.25, -0.2) is 8.42 Å². The molecule has 0 atom stereocenters. The van der Waals surface area contributed by atoms with Crippen LogP contribution in [0.3, 0.4) is 0 Å². The van der Waals surface area contributed by atoms with Crippen LogP contribution in [-0.2, 0) is 9.05 Å². The molecule has 3 nitrogen and oxygen atoms in total. The molecule has 0 saturated heterocycles. The van der Waals surface area contributed by atoms with Crippen LogP contribution in [0.2, 0.25) is 0 Å². The summed E-state index contributed by atoms with van der Waals surface area (Å²) in [6.45, 7) is 6.12. The number of ether oxygens (including phenoxy) is 1. The van der Waals surface area contributed by atoms with Gasteiger partial charge in [-0.15, -0.1) is 0 Å². The Balaban J connectivity index is 2.87. The molecule has 1 rings (SSSR count). The Bertz CT molecular complexity index is 529. The van der Waals surface area contributed by atoms with E-state index in [1.165, 1.54) is 11.6 Å². The van der Waals surface area contributed by atoms with Crippen LogP contribution in [0.25, 0.3) is 0 Å². The average molecular weight is 275 g/mol. The zero-order valence-corrected chi connectivity index (χ0v) is 11.6. The number of hydrogen-bond acceptors (Lipinski definition) is 3. The van der Waals surface area contributed by atoms with E-state index < -0.39 is 9.05 Å². The summed E-state index contributed by atoms with van der Waals surface area (Å²) in [5.74, 6) is 0.629. The molecule has 17 heavy (non-hydrogen) atoms. The monoisotopic (exact) mass is 274 g/mol. The third-order valence-corrected chi connectivity index (χ3v) is 3.63. The smallest absolute Gasteiger partial charge is 0.261 e. The normalized spacial score (nSPS) is 11.1. The van der Waals surface area contributed by atoms with E-state index in [1.54, 1.807) is 19.1 Å². The van der Waals surface area contributed by atoms with Gasteiger partial charge in [0.2, 0.25) is 0 Å².